The standard InChI is InChI=1S/C22H23ClN2O3/c1-22(2)11-19(25-18-6-4-13(21(27)28)10-16(18)22)15-9-12(3-5-17(15)23)14-7-8-24-20(14)26/h3-6,9-10,14,19,25H,7-8,11H2,1-2H3,(H,24,26)(H,27,28). The van der Waals surface area contributed by atoms with E-state index in [0.29, 0.717) is 17.1 Å². The Morgan fingerprint density at radius 1 is 1.21 bits per heavy atom. The summed E-state index contributed by atoms with van der Waals surface area (Å²) in [6.45, 7) is 4.94. The largest absolute Gasteiger partial charge is 0.478 e. The highest BCUT2D eigenvalue weighted by molar-refractivity contribution is 6.31. The lowest BCUT2D eigenvalue weighted by Gasteiger charge is -2.39. The summed E-state index contributed by atoms with van der Waals surface area (Å²) >= 11 is 6.54. The van der Waals surface area contributed by atoms with Crippen LogP contribution in [-0.2, 0) is 10.2 Å². The molecule has 0 spiro atoms. The van der Waals surface area contributed by atoms with Gasteiger partial charge in [-0.3, -0.25) is 4.79 Å². The normalized spacial score (nSPS) is 22.9. The second-order valence-electron chi connectivity index (χ2n) is 8.26. The predicted octanol–water partition coefficient (Wildman–Crippen LogP) is 4.48. The van der Waals surface area contributed by atoms with Crippen molar-refractivity contribution in [3.05, 3.63) is 63.7 Å². The minimum atomic E-state index is -0.925. The maximum atomic E-state index is 12.1. The van der Waals surface area contributed by atoms with Crippen molar-refractivity contribution in [2.75, 3.05) is 11.9 Å². The number of carboxylic acids is 1. The number of fused-ring (bicyclic) bond motifs is 1. The third kappa shape index (κ3) is 3.24. The number of carbonyl (C=O) groups excluding carboxylic acids is 1. The van der Waals surface area contributed by atoms with Gasteiger partial charge in [-0.05, 0) is 59.2 Å². The molecule has 0 aromatic heterocycles. The summed E-state index contributed by atoms with van der Waals surface area (Å²) in [5.41, 5.74) is 3.94. The smallest absolute Gasteiger partial charge is 0.335 e. The molecule has 2 aromatic rings. The molecule has 0 saturated carbocycles. The van der Waals surface area contributed by atoms with Crippen LogP contribution in [0, 0.1) is 0 Å². The molecule has 0 bridgehead atoms. The summed E-state index contributed by atoms with van der Waals surface area (Å²) in [5, 5.41) is 16.4. The molecule has 1 saturated heterocycles. The Labute approximate surface area is 169 Å². The van der Waals surface area contributed by atoms with E-state index in [2.05, 4.69) is 24.5 Å². The monoisotopic (exact) mass is 398 g/mol. The van der Waals surface area contributed by atoms with E-state index < -0.39 is 5.97 Å². The number of benzene rings is 2. The van der Waals surface area contributed by atoms with Crippen LogP contribution >= 0.6 is 11.6 Å². The van der Waals surface area contributed by atoms with Crippen molar-refractivity contribution < 1.29 is 14.7 Å². The molecule has 2 unspecified atom stereocenters. The first-order valence-electron chi connectivity index (χ1n) is 9.48. The van der Waals surface area contributed by atoms with Crippen molar-refractivity contribution >= 4 is 29.2 Å². The third-order valence-electron chi connectivity index (χ3n) is 5.89. The molecule has 2 aliphatic heterocycles. The molecule has 0 radical (unpaired) electrons. The Kier molecular flexibility index (Phi) is 4.58. The predicted molar refractivity (Wildman–Crippen MR) is 109 cm³/mol. The van der Waals surface area contributed by atoms with Crippen LogP contribution in [0.15, 0.2) is 36.4 Å². The van der Waals surface area contributed by atoms with Gasteiger partial charge >= 0.3 is 5.97 Å². The molecular weight excluding hydrogens is 376 g/mol. The van der Waals surface area contributed by atoms with Crippen LogP contribution in [0.25, 0.3) is 0 Å². The van der Waals surface area contributed by atoms with Gasteiger partial charge in [0.15, 0.2) is 0 Å². The van der Waals surface area contributed by atoms with Crippen LogP contribution in [0.1, 0.15) is 65.7 Å². The summed E-state index contributed by atoms with van der Waals surface area (Å²) in [6.07, 6.45) is 1.56. The molecule has 2 aromatic carbocycles. The van der Waals surface area contributed by atoms with E-state index in [9.17, 15) is 14.7 Å². The van der Waals surface area contributed by atoms with E-state index in [4.69, 9.17) is 11.6 Å². The van der Waals surface area contributed by atoms with Gasteiger partial charge in [0.2, 0.25) is 5.91 Å². The van der Waals surface area contributed by atoms with Crippen molar-refractivity contribution in [3.63, 3.8) is 0 Å². The number of amides is 1. The molecule has 0 aliphatic carbocycles. The zero-order chi connectivity index (χ0) is 20.1. The molecule has 146 valence electrons. The van der Waals surface area contributed by atoms with Gasteiger partial charge in [-0.1, -0.05) is 37.6 Å². The summed E-state index contributed by atoms with van der Waals surface area (Å²) < 4.78 is 0. The number of aromatic carboxylic acids is 1. The number of carboxylic acid groups (broad SMARTS) is 1. The maximum absolute atomic E-state index is 12.1. The number of anilines is 1. The van der Waals surface area contributed by atoms with Gasteiger partial charge in [0, 0.05) is 17.3 Å². The fraction of sp³-hybridized carbons (Fsp3) is 0.364. The van der Waals surface area contributed by atoms with Crippen LogP contribution in [0.5, 0.6) is 0 Å². The first-order chi connectivity index (χ1) is 13.3. The zero-order valence-electron chi connectivity index (χ0n) is 15.9. The van der Waals surface area contributed by atoms with Crippen LogP contribution in [0.3, 0.4) is 0 Å². The highest BCUT2D eigenvalue weighted by Crippen LogP contribution is 2.46. The first-order valence-corrected chi connectivity index (χ1v) is 9.85. The van der Waals surface area contributed by atoms with E-state index in [0.717, 1.165) is 35.2 Å². The highest BCUT2D eigenvalue weighted by Gasteiger charge is 2.35. The van der Waals surface area contributed by atoms with Crippen LogP contribution < -0.4 is 10.6 Å². The average Bonchev–Trinajstić information content (AvgIpc) is 3.07. The van der Waals surface area contributed by atoms with Gasteiger partial charge in [0.25, 0.3) is 0 Å². The summed E-state index contributed by atoms with van der Waals surface area (Å²) in [6, 6.07) is 11.0. The minimum Gasteiger partial charge on any atom is -0.478 e. The number of halogens is 1. The van der Waals surface area contributed by atoms with Crippen LogP contribution in [-0.4, -0.2) is 23.5 Å². The molecule has 6 heteroatoms. The first kappa shape index (κ1) is 18.8. The molecule has 5 nitrogen and oxygen atoms in total. The fourth-order valence-corrected chi connectivity index (χ4v) is 4.62. The quantitative estimate of drug-likeness (QED) is 0.712. The maximum Gasteiger partial charge on any atom is 0.335 e. The number of nitrogens with one attached hydrogen (secondary N) is 2. The van der Waals surface area contributed by atoms with Gasteiger partial charge in [-0.25, -0.2) is 4.79 Å². The highest BCUT2D eigenvalue weighted by atomic mass is 35.5. The van der Waals surface area contributed by atoms with Gasteiger partial charge in [0.1, 0.15) is 0 Å². The number of rotatable bonds is 3. The summed E-state index contributed by atoms with van der Waals surface area (Å²) in [7, 11) is 0. The molecule has 4 rings (SSSR count). The minimum absolute atomic E-state index is 0.0184. The Morgan fingerprint density at radius 3 is 2.68 bits per heavy atom. The molecule has 1 amide bonds. The van der Waals surface area contributed by atoms with Crippen LogP contribution in [0.4, 0.5) is 5.69 Å². The van der Waals surface area contributed by atoms with Crippen LogP contribution in [0.2, 0.25) is 5.02 Å². The van der Waals surface area contributed by atoms with Gasteiger partial charge in [0.05, 0.1) is 17.5 Å². The molecule has 1 fully saturated rings. The molecule has 2 heterocycles. The number of carbonyl (C=O) groups is 2. The number of hydrogen-bond donors (Lipinski definition) is 3. The van der Waals surface area contributed by atoms with Crippen molar-refractivity contribution in [2.24, 2.45) is 0 Å². The van der Waals surface area contributed by atoms with E-state index in [1.54, 1.807) is 12.1 Å². The lowest BCUT2D eigenvalue weighted by Crippen LogP contribution is -2.31. The second-order valence-corrected chi connectivity index (χ2v) is 8.67. The fourth-order valence-electron chi connectivity index (χ4n) is 4.37. The van der Waals surface area contributed by atoms with Crippen molar-refractivity contribution in [2.45, 2.75) is 44.1 Å². The molecule has 3 N–H and O–H groups in total. The van der Waals surface area contributed by atoms with Crippen molar-refractivity contribution in [3.8, 4) is 0 Å². The molecule has 2 atom stereocenters. The van der Waals surface area contributed by atoms with E-state index in [-0.39, 0.29) is 23.3 Å². The lowest BCUT2D eigenvalue weighted by molar-refractivity contribution is -0.120. The van der Waals surface area contributed by atoms with E-state index in [1.807, 2.05) is 24.3 Å². The number of hydrogen-bond acceptors (Lipinski definition) is 3. The molecule has 2 aliphatic rings. The Balaban J connectivity index is 1.71. The lowest BCUT2D eigenvalue weighted by atomic mass is 9.73. The van der Waals surface area contributed by atoms with E-state index >= 15 is 0 Å². The third-order valence-corrected chi connectivity index (χ3v) is 6.23. The Hall–Kier alpha value is -2.53. The van der Waals surface area contributed by atoms with Gasteiger partial charge in [-0.2, -0.15) is 0 Å². The van der Waals surface area contributed by atoms with Gasteiger partial charge < -0.3 is 15.7 Å². The summed E-state index contributed by atoms with van der Waals surface area (Å²) in [5.74, 6) is -0.985. The van der Waals surface area contributed by atoms with Crippen molar-refractivity contribution in [1.82, 2.24) is 5.32 Å². The molecule has 28 heavy (non-hydrogen) atoms. The van der Waals surface area contributed by atoms with Crippen molar-refractivity contribution in [1.29, 1.82) is 0 Å². The Morgan fingerprint density at radius 2 is 2.00 bits per heavy atom. The second kappa shape index (κ2) is 6.82. The van der Waals surface area contributed by atoms with Gasteiger partial charge in [-0.15, -0.1) is 0 Å². The topological polar surface area (TPSA) is 78.4 Å². The van der Waals surface area contributed by atoms with E-state index in [1.165, 1.54) is 0 Å². The molecular formula is C22H23ClN2O3. The Bertz CT molecular complexity index is 970. The summed E-state index contributed by atoms with van der Waals surface area (Å²) in [4.78, 5) is 23.4. The SMILES string of the molecule is CC1(C)CC(c2cc(C3CCNC3=O)ccc2Cl)Nc2ccc(C(=O)O)cc21. The average molecular weight is 399 g/mol. The zero-order valence-corrected chi connectivity index (χ0v) is 16.6.